The number of aromatic amines is 1. The van der Waals surface area contributed by atoms with E-state index in [1.165, 1.54) is 30.0 Å². The van der Waals surface area contributed by atoms with Gasteiger partial charge in [-0.1, -0.05) is 0 Å². The summed E-state index contributed by atoms with van der Waals surface area (Å²) in [5.41, 5.74) is 3.44. The molecule has 2 heterocycles. The lowest BCUT2D eigenvalue weighted by molar-refractivity contribution is 0.684. The zero-order valence-electron chi connectivity index (χ0n) is 8.76. The van der Waals surface area contributed by atoms with Crippen LogP contribution >= 0.6 is 11.8 Å². The molecule has 1 aliphatic rings. The molecule has 1 saturated heterocycles. The van der Waals surface area contributed by atoms with Gasteiger partial charge in [-0.15, -0.1) is 0 Å². The number of nitrogens with zero attached hydrogens (tertiary/aromatic N) is 1. The van der Waals surface area contributed by atoms with Gasteiger partial charge in [0.15, 0.2) is 0 Å². The van der Waals surface area contributed by atoms with Gasteiger partial charge in [-0.05, 0) is 32.4 Å². The predicted octanol–water partition coefficient (Wildman–Crippen LogP) is 2.33. The van der Waals surface area contributed by atoms with Crippen LogP contribution < -0.4 is 5.32 Å². The first-order chi connectivity index (χ1) is 6.77. The van der Waals surface area contributed by atoms with Gasteiger partial charge in [0.05, 0.1) is 17.1 Å². The zero-order chi connectivity index (χ0) is 9.97. The lowest BCUT2D eigenvalue weighted by atomic mass is 10.1. The third kappa shape index (κ3) is 2.05. The highest BCUT2D eigenvalue weighted by Gasteiger charge is 2.16. The van der Waals surface area contributed by atoms with Crippen LogP contribution in [0.25, 0.3) is 0 Å². The van der Waals surface area contributed by atoms with E-state index >= 15 is 0 Å². The number of hydrogen-bond donors (Lipinski definition) is 2. The second-order valence-corrected chi connectivity index (χ2v) is 5.02. The minimum Gasteiger partial charge on any atom is -0.379 e. The molecule has 14 heavy (non-hydrogen) atoms. The molecule has 0 amide bonds. The summed E-state index contributed by atoms with van der Waals surface area (Å²) in [4.78, 5) is 0. The van der Waals surface area contributed by atoms with Crippen LogP contribution in [0.5, 0.6) is 0 Å². The van der Waals surface area contributed by atoms with E-state index in [2.05, 4.69) is 22.4 Å². The third-order valence-electron chi connectivity index (χ3n) is 2.64. The summed E-state index contributed by atoms with van der Waals surface area (Å²) in [6.07, 6.45) is 2.62. The van der Waals surface area contributed by atoms with Crippen LogP contribution in [-0.4, -0.2) is 27.7 Å². The van der Waals surface area contributed by atoms with E-state index in [0.29, 0.717) is 6.04 Å². The molecule has 0 aromatic carbocycles. The molecule has 4 heteroatoms. The fraction of sp³-hybridized carbons (Fsp3) is 0.700. The maximum Gasteiger partial charge on any atom is 0.0825 e. The average molecular weight is 211 g/mol. The van der Waals surface area contributed by atoms with E-state index in [-0.39, 0.29) is 0 Å². The lowest BCUT2D eigenvalue weighted by Crippen LogP contribution is -2.26. The fourth-order valence-corrected chi connectivity index (χ4v) is 2.89. The Bertz CT molecular complexity index is 283. The Kier molecular flexibility index (Phi) is 3.01. The molecule has 78 valence electrons. The van der Waals surface area contributed by atoms with Gasteiger partial charge in [0.2, 0.25) is 0 Å². The summed E-state index contributed by atoms with van der Waals surface area (Å²) < 4.78 is 0. The molecule has 1 unspecified atom stereocenters. The van der Waals surface area contributed by atoms with Gasteiger partial charge in [-0.2, -0.15) is 16.9 Å². The first-order valence-corrected chi connectivity index (χ1v) is 6.28. The Labute approximate surface area is 89.1 Å². The number of rotatable bonds is 2. The van der Waals surface area contributed by atoms with Crippen LogP contribution in [-0.2, 0) is 0 Å². The third-order valence-corrected chi connectivity index (χ3v) is 3.85. The van der Waals surface area contributed by atoms with Crippen LogP contribution in [0.15, 0.2) is 0 Å². The van der Waals surface area contributed by atoms with Gasteiger partial charge in [0, 0.05) is 11.8 Å². The Morgan fingerprint density at radius 3 is 2.93 bits per heavy atom. The summed E-state index contributed by atoms with van der Waals surface area (Å²) >= 11 is 2.04. The second-order valence-electron chi connectivity index (χ2n) is 3.87. The molecule has 2 rings (SSSR count). The first-order valence-electron chi connectivity index (χ1n) is 5.13. The Balaban J connectivity index is 2.02. The maximum absolute atomic E-state index is 4.19. The molecule has 0 radical (unpaired) electrons. The van der Waals surface area contributed by atoms with Gasteiger partial charge in [0.1, 0.15) is 0 Å². The van der Waals surface area contributed by atoms with Gasteiger partial charge in [-0.25, -0.2) is 0 Å². The highest BCUT2D eigenvalue weighted by Crippen LogP contribution is 2.23. The molecule has 1 atom stereocenters. The van der Waals surface area contributed by atoms with Gasteiger partial charge in [-0.3, -0.25) is 5.10 Å². The monoisotopic (exact) mass is 211 g/mol. The fourth-order valence-electron chi connectivity index (χ4n) is 1.82. The number of H-pyrrole nitrogens is 1. The summed E-state index contributed by atoms with van der Waals surface area (Å²) in [6, 6.07) is 0.628. The van der Waals surface area contributed by atoms with Crippen LogP contribution in [0.1, 0.15) is 24.2 Å². The van der Waals surface area contributed by atoms with E-state index in [9.17, 15) is 0 Å². The molecule has 2 N–H and O–H groups in total. The van der Waals surface area contributed by atoms with Crippen molar-refractivity contribution in [3.8, 4) is 0 Å². The van der Waals surface area contributed by atoms with Crippen LogP contribution in [0.4, 0.5) is 5.69 Å². The highest BCUT2D eigenvalue weighted by molar-refractivity contribution is 7.99. The highest BCUT2D eigenvalue weighted by atomic mass is 32.2. The molecule has 0 saturated carbocycles. The molecular formula is C10H17N3S. The molecule has 1 aliphatic heterocycles. The van der Waals surface area contributed by atoms with Crippen molar-refractivity contribution in [3.63, 3.8) is 0 Å². The van der Waals surface area contributed by atoms with Gasteiger partial charge < -0.3 is 5.32 Å². The number of anilines is 1. The first kappa shape index (κ1) is 9.90. The molecule has 3 nitrogen and oxygen atoms in total. The Hall–Kier alpha value is -0.640. The molecule has 1 fully saturated rings. The SMILES string of the molecule is Cc1n[nH]c(C)c1NC1CCCSC1. The topological polar surface area (TPSA) is 40.7 Å². The van der Waals surface area contributed by atoms with Crippen LogP contribution in [0.2, 0.25) is 0 Å². The number of thioether (sulfide) groups is 1. The van der Waals surface area contributed by atoms with E-state index < -0.39 is 0 Å². The normalized spacial score (nSPS) is 22.3. The van der Waals surface area contributed by atoms with Crippen molar-refractivity contribution in [2.24, 2.45) is 0 Å². The number of hydrogen-bond acceptors (Lipinski definition) is 3. The Morgan fingerprint density at radius 2 is 2.36 bits per heavy atom. The van der Waals surface area contributed by atoms with Crippen molar-refractivity contribution in [1.29, 1.82) is 0 Å². The maximum atomic E-state index is 4.19. The minimum absolute atomic E-state index is 0.628. The van der Waals surface area contributed by atoms with Crippen molar-refractivity contribution in [2.45, 2.75) is 32.7 Å². The van der Waals surface area contributed by atoms with Gasteiger partial charge >= 0.3 is 0 Å². The molecule has 0 spiro atoms. The standard InChI is InChI=1S/C10H17N3S/c1-7-10(8(2)13-12-7)11-9-4-3-5-14-6-9/h9,11H,3-6H2,1-2H3,(H,12,13). The summed E-state index contributed by atoms with van der Waals surface area (Å²) in [6.45, 7) is 4.11. The Morgan fingerprint density at radius 1 is 1.50 bits per heavy atom. The summed E-state index contributed by atoms with van der Waals surface area (Å²) in [7, 11) is 0. The summed E-state index contributed by atoms with van der Waals surface area (Å²) in [5, 5.41) is 10.8. The lowest BCUT2D eigenvalue weighted by Gasteiger charge is -2.23. The van der Waals surface area contributed by atoms with E-state index in [1.54, 1.807) is 0 Å². The average Bonchev–Trinajstić information content (AvgIpc) is 2.51. The molecule has 1 aromatic heterocycles. The largest absolute Gasteiger partial charge is 0.379 e. The minimum atomic E-state index is 0.628. The molecule has 1 aromatic rings. The zero-order valence-corrected chi connectivity index (χ0v) is 9.58. The van der Waals surface area contributed by atoms with Crippen molar-refractivity contribution < 1.29 is 0 Å². The number of aryl methyl sites for hydroxylation is 2. The van der Waals surface area contributed by atoms with E-state index in [1.807, 2.05) is 18.7 Å². The number of aromatic nitrogens is 2. The van der Waals surface area contributed by atoms with Crippen molar-refractivity contribution in [3.05, 3.63) is 11.4 Å². The van der Waals surface area contributed by atoms with Crippen LogP contribution in [0, 0.1) is 13.8 Å². The quantitative estimate of drug-likeness (QED) is 0.789. The van der Waals surface area contributed by atoms with Crippen molar-refractivity contribution in [1.82, 2.24) is 10.2 Å². The molecular weight excluding hydrogens is 194 g/mol. The van der Waals surface area contributed by atoms with Crippen LogP contribution in [0.3, 0.4) is 0 Å². The summed E-state index contributed by atoms with van der Waals surface area (Å²) in [5.74, 6) is 2.55. The number of nitrogens with one attached hydrogen (secondary N) is 2. The van der Waals surface area contributed by atoms with E-state index in [0.717, 1.165) is 11.4 Å². The molecule has 0 aliphatic carbocycles. The van der Waals surface area contributed by atoms with Crippen molar-refractivity contribution >= 4 is 17.4 Å². The smallest absolute Gasteiger partial charge is 0.0825 e. The second kappa shape index (κ2) is 4.26. The predicted molar refractivity (Wildman–Crippen MR) is 62.0 cm³/mol. The van der Waals surface area contributed by atoms with Crippen molar-refractivity contribution in [2.75, 3.05) is 16.8 Å². The molecule has 0 bridgehead atoms. The van der Waals surface area contributed by atoms with E-state index in [4.69, 9.17) is 0 Å². The van der Waals surface area contributed by atoms with Gasteiger partial charge in [0.25, 0.3) is 0 Å².